The number of primary amides is 1. The molecular formula is C16H15N5O. The van der Waals surface area contributed by atoms with Crippen molar-refractivity contribution in [2.45, 2.75) is 19.3 Å². The van der Waals surface area contributed by atoms with Crippen molar-refractivity contribution in [2.24, 2.45) is 5.73 Å². The van der Waals surface area contributed by atoms with Gasteiger partial charge in [0.1, 0.15) is 11.5 Å². The van der Waals surface area contributed by atoms with Gasteiger partial charge >= 0.3 is 0 Å². The van der Waals surface area contributed by atoms with Crippen molar-refractivity contribution in [1.29, 1.82) is 0 Å². The highest BCUT2D eigenvalue weighted by Crippen LogP contribution is 2.33. The zero-order chi connectivity index (χ0) is 15.3. The smallest absolute Gasteiger partial charge is 0.250 e. The van der Waals surface area contributed by atoms with Crippen LogP contribution in [0, 0.1) is 0 Å². The number of hydrogen-bond donors (Lipinski definition) is 3. The number of aromatic nitrogens is 3. The maximum absolute atomic E-state index is 11.9. The number of carbonyl (C=O) groups is 1. The molecular weight excluding hydrogens is 278 g/mol. The molecule has 0 spiro atoms. The van der Waals surface area contributed by atoms with Crippen molar-refractivity contribution in [1.82, 2.24) is 15.0 Å². The van der Waals surface area contributed by atoms with Gasteiger partial charge in [-0.2, -0.15) is 0 Å². The summed E-state index contributed by atoms with van der Waals surface area (Å²) in [6.07, 6.45) is 4.72. The Morgan fingerprint density at radius 1 is 1.23 bits per heavy atom. The van der Waals surface area contributed by atoms with Gasteiger partial charge in [-0.15, -0.1) is 0 Å². The molecule has 1 aliphatic carbocycles. The number of fused-ring (bicyclic) bond motifs is 2. The van der Waals surface area contributed by atoms with Crippen LogP contribution in [0.15, 0.2) is 24.4 Å². The van der Waals surface area contributed by atoms with E-state index < -0.39 is 5.91 Å². The number of aryl methyl sites for hydroxylation is 2. The summed E-state index contributed by atoms with van der Waals surface area (Å²) in [7, 11) is 0. The lowest BCUT2D eigenvalue weighted by atomic mass is 10.0. The van der Waals surface area contributed by atoms with Crippen molar-refractivity contribution >= 4 is 22.8 Å². The number of aromatic amines is 1. The molecule has 22 heavy (non-hydrogen) atoms. The number of nitrogens with two attached hydrogens (primary N) is 2. The summed E-state index contributed by atoms with van der Waals surface area (Å²) in [6.45, 7) is 0. The van der Waals surface area contributed by atoms with Gasteiger partial charge in [0.2, 0.25) is 0 Å². The van der Waals surface area contributed by atoms with Crippen LogP contribution in [-0.4, -0.2) is 20.9 Å². The first-order valence-electron chi connectivity index (χ1n) is 7.20. The van der Waals surface area contributed by atoms with Crippen molar-refractivity contribution in [3.63, 3.8) is 0 Å². The van der Waals surface area contributed by atoms with Crippen molar-refractivity contribution in [2.75, 3.05) is 5.73 Å². The van der Waals surface area contributed by atoms with Gasteiger partial charge in [-0.05, 0) is 43.0 Å². The second kappa shape index (κ2) is 4.56. The Kier molecular flexibility index (Phi) is 2.66. The number of amides is 1. The summed E-state index contributed by atoms with van der Waals surface area (Å²) >= 11 is 0. The summed E-state index contributed by atoms with van der Waals surface area (Å²) in [4.78, 5) is 23.9. The summed E-state index contributed by atoms with van der Waals surface area (Å²) in [6, 6.07) is 5.52. The zero-order valence-corrected chi connectivity index (χ0v) is 11.9. The van der Waals surface area contributed by atoms with E-state index in [9.17, 15) is 4.79 Å². The Morgan fingerprint density at radius 2 is 2.09 bits per heavy atom. The topological polar surface area (TPSA) is 111 Å². The Hall–Kier alpha value is -2.89. The fourth-order valence-electron chi connectivity index (χ4n) is 3.12. The van der Waals surface area contributed by atoms with Crippen LogP contribution in [0.25, 0.3) is 22.3 Å². The highest BCUT2D eigenvalue weighted by molar-refractivity contribution is 6.04. The van der Waals surface area contributed by atoms with Gasteiger partial charge in [-0.1, -0.05) is 0 Å². The van der Waals surface area contributed by atoms with E-state index in [1.165, 1.54) is 0 Å². The van der Waals surface area contributed by atoms with Crippen molar-refractivity contribution < 1.29 is 4.79 Å². The third-order valence-corrected chi connectivity index (χ3v) is 4.12. The van der Waals surface area contributed by atoms with E-state index >= 15 is 0 Å². The Balaban J connectivity index is 2.05. The van der Waals surface area contributed by atoms with E-state index in [2.05, 4.69) is 9.97 Å². The summed E-state index contributed by atoms with van der Waals surface area (Å²) < 4.78 is 0. The maximum Gasteiger partial charge on any atom is 0.250 e. The number of anilines is 1. The lowest BCUT2D eigenvalue weighted by Gasteiger charge is -2.11. The molecule has 1 aliphatic rings. The molecule has 0 radical (unpaired) electrons. The summed E-state index contributed by atoms with van der Waals surface area (Å²) in [5.74, 6) is -0.0982. The molecule has 3 heterocycles. The van der Waals surface area contributed by atoms with Crippen LogP contribution in [-0.2, 0) is 12.8 Å². The van der Waals surface area contributed by atoms with Gasteiger partial charge < -0.3 is 16.5 Å². The largest absolute Gasteiger partial charge is 0.384 e. The molecule has 0 aliphatic heterocycles. The van der Waals surface area contributed by atoms with Crippen molar-refractivity contribution in [3.05, 3.63) is 41.2 Å². The predicted molar refractivity (Wildman–Crippen MR) is 84.3 cm³/mol. The molecule has 4 rings (SSSR count). The van der Waals surface area contributed by atoms with Gasteiger partial charge in [-0.3, -0.25) is 9.78 Å². The highest BCUT2D eigenvalue weighted by Gasteiger charge is 2.21. The normalized spacial score (nSPS) is 13.5. The fraction of sp³-hybridized carbons (Fsp3) is 0.188. The molecule has 0 fully saturated rings. The van der Waals surface area contributed by atoms with Gasteiger partial charge in [0.05, 0.1) is 11.3 Å². The van der Waals surface area contributed by atoms with Gasteiger partial charge in [0.15, 0.2) is 0 Å². The molecule has 3 aromatic rings. The highest BCUT2D eigenvalue weighted by atomic mass is 16.1. The van der Waals surface area contributed by atoms with E-state index in [0.29, 0.717) is 22.7 Å². The predicted octanol–water partition coefficient (Wildman–Crippen LogP) is 1.79. The van der Waals surface area contributed by atoms with Crippen LogP contribution in [0.3, 0.4) is 0 Å². The molecule has 0 aromatic carbocycles. The van der Waals surface area contributed by atoms with Crippen LogP contribution in [0.4, 0.5) is 5.82 Å². The minimum absolute atomic E-state index is 0.377. The first kappa shape index (κ1) is 12.8. The lowest BCUT2D eigenvalue weighted by Crippen LogP contribution is -2.14. The Morgan fingerprint density at radius 3 is 2.91 bits per heavy atom. The number of pyridine rings is 2. The summed E-state index contributed by atoms with van der Waals surface area (Å²) in [5.41, 5.74) is 16.1. The molecule has 3 aromatic heterocycles. The molecule has 6 nitrogen and oxygen atoms in total. The van der Waals surface area contributed by atoms with E-state index in [4.69, 9.17) is 16.5 Å². The van der Waals surface area contributed by atoms with Crippen LogP contribution in [0.5, 0.6) is 0 Å². The quantitative estimate of drug-likeness (QED) is 0.669. The molecule has 0 saturated carbocycles. The van der Waals surface area contributed by atoms with E-state index in [-0.39, 0.29) is 0 Å². The molecule has 0 atom stereocenters. The molecule has 0 saturated heterocycles. The third kappa shape index (κ3) is 1.84. The van der Waals surface area contributed by atoms with Crippen LogP contribution >= 0.6 is 0 Å². The number of carbonyl (C=O) groups excluding carboxylic acids is 1. The summed E-state index contributed by atoms with van der Waals surface area (Å²) in [5, 5.41) is 0.877. The average molecular weight is 293 g/mol. The van der Waals surface area contributed by atoms with E-state index in [1.807, 2.05) is 12.1 Å². The van der Waals surface area contributed by atoms with Crippen LogP contribution in [0.2, 0.25) is 0 Å². The molecule has 6 heteroatoms. The van der Waals surface area contributed by atoms with Crippen LogP contribution < -0.4 is 11.5 Å². The number of nitrogens with one attached hydrogen (secondary N) is 1. The lowest BCUT2D eigenvalue weighted by molar-refractivity contribution is 0.100. The Labute approximate surface area is 126 Å². The number of nitrogens with zero attached hydrogens (tertiary/aromatic N) is 2. The van der Waals surface area contributed by atoms with Gasteiger partial charge in [0, 0.05) is 22.8 Å². The second-order valence-corrected chi connectivity index (χ2v) is 5.54. The minimum Gasteiger partial charge on any atom is -0.384 e. The Bertz CT molecular complexity index is 912. The monoisotopic (exact) mass is 293 g/mol. The molecule has 0 unspecified atom stereocenters. The van der Waals surface area contributed by atoms with Gasteiger partial charge in [0.25, 0.3) is 5.91 Å². The van der Waals surface area contributed by atoms with Gasteiger partial charge in [-0.25, -0.2) is 4.98 Å². The molecule has 1 amide bonds. The SMILES string of the molecule is NC(=O)c1cc2c(nc1-c1cc(N)nc3[nH]ccc13)CCC2. The minimum atomic E-state index is -0.476. The van der Waals surface area contributed by atoms with E-state index in [1.54, 1.807) is 12.3 Å². The third-order valence-electron chi connectivity index (χ3n) is 4.12. The second-order valence-electron chi connectivity index (χ2n) is 5.54. The van der Waals surface area contributed by atoms with Crippen LogP contribution in [0.1, 0.15) is 28.0 Å². The molecule has 110 valence electrons. The number of rotatable bonds is 2. The number of hydrogen-bond acceptors (Lipinski definition) is 4. The van der Waals surface area contributed by atoms with Crippen molar-refractivity contribution in [3.8, 4) is 11.3 Å². The standard InChI is InChI=1S/C16H15N5O/c17-13-7-10(9-4-5-19-16(9)21-13)14-11(15(18)22)6-8-2-1-3-12(8)20-14/h4-7H,1-3H2,(H2,18,22)(H3,17,19,21). The maximum atomic E-state index is 11.9. The molecule has 5 N–H and O–H groups in total. The number of H-pyrrole nitrogens is 1. The van der Waals surface area contributed by atoms with E-state index in [0.717, 1.165) is 41.5 Å². The first-order chi connectivity index (χ1) is 10.6. The average Bonchev–Trinajstić information content (AvgIpc) is 3.12. The zero-order valence-electron chi connectivity index (χ0n) is 11.9. The fourth-order valence-corrected chi connectivity index (χ4v) is 3.12. The first-order valence-corrected chi connectivity index (χ1v) is 7.20. The number of nitrogen functional groups attached to an aromatic ring is 1. The molecule has 0 bridgehead atoms.